The van der Waals surface area contributed by atoms with Crippen LogP contribution < -0.4 is 10.6 Å². The molecule has 0 radical (unpaired) electrons. The van der Waals surface area contributed by atoms with Crippen molar-refractivity contribution < 1.29 is 30.0 Å². The molecule has 2 saturated heterocycles. The van der Waals surface area contributed by atoms with E-state index in [1.54, 1.807) is 0 Å². The SMILES string of the molecule is CC(C)(CCCC1OC2(O)C(CO)C(O)C(O)C12)CC(C)(C)NC(=O)C1CCCN1. The van der Waals surface area contributed by atoms with Gasteiger partial charge in [-0.2, -0.15) is 0 Å². The van der Waals surface area contributed by atoms with Crippen LogP contribution in [0.1, 0.15) is 66.2 Å². The lowest BCUT2D eigenvalue weighted by Crippen LogP contribution is -2.62. The number of rotatable bonds is 9. The van der Waals surface area contributed by atoms with Crippen molar-refractivity contribution in [1.29, 1.82) is 0 Å². The van der Waals surface area contributed by atoms with Crippen LogP contribution in [0.3, 0.4) is 0 Å². The lowest BCUT2D eigenvalue weighted by Gasteiger charge is -2.50. The zero-order valence-electron chi connectivity index (χ0n) is 18.7. The van der Waals surface area contributed by atoms with Crippen LogP contribution in [0, 0.1) is 17.3 Å². The maximum absolute atomic E-state index is 12.5. The van der Waals surface area contributed by atoms with Crippen molar-refractivity contribution >= 4 is 5.91 Å². The van der Waals surface area contributed by atoms with E-state index < -0.39 is 36.4 Å². The molecule has 2 aliphatic heterocycles. The second kappa shape index (κ2) is 8.64. The van der Waals surface area contributed by atoms with Gasteiger partial charge in [0.15, 0.2) is 5.79 Å². The van der Waals surface area contributed by atoms with Crippen molar-refractivity contribution in [2.75, 3.05) is 13.2 Å². The third-order valence-electron chi connectivity index (χ3n) is 7.18. The summed E-state index contributed by atoms with van der Waals surface area (Å²) >= 11 is 0. The highest BCUT2D eigenvalue weighted by Crippen LogP contribution is 2.54. The molecule has 174 valence electrons. The zero-order chi connectivity index (χ0) is 22.3. The molecule has 1 saturated carbocycles. The van der Waals surface area contributed by atoms with Crippen molar-refractivity contribution in [2.45, 2.75) is 102 Å². The number of carbonyl (C=O) groups excluding carboxylic acids is 1. The van der Waals surface area contributed by atoms with Gasteiger partial charge < -0.3 is 35.8 Å². The molecule has 0 aromatic rings. The fourth-order valence-corrected chi connectivity index (χ4v) is 6.00. The van der Waals surface area contributed by atoms with E-state index in [1.165, 1.54) is 0 Å². The van der Waals surface area contributed by atoms with E-state index >= 15 is 0 Å². The lowest BCUT2D eigenvalue weighted by molar-refractivity contribution is -0.381. The van der Waals surface area contributed by atoms with Crippen molar-refractivity contribution in [1.82, 2.24) is 10.6 Å². The van der Waals surface area contributed by atoms with Crippen molar-refractivity contribution in [3.8, 4) is 0 Å². The Morgan fingerprint density at radius 2 is 1.93 bits per heavy atom. The fraction of sp³-hybridized carbons (Fsp3) is 0.955. The summed E-state index contributed by atoms with van der Waals surface area (Å²) in [6.45, 7) is 8.95. The fourth-order valence-electron chi connectivity index (χ4n) is 6.00. The molecule has 7 atom stereocenters. The average molecular weight is 429 g/mol. The normalized spacial score (nSPS) is 38.9. The van der Waals surface area contributed by atoms with Gasteiger partial charge in [0.05, 0.1) is 42.8 Å². The van der Waals surface area contributed by atoms with Gasteiger partial charge in [-0.05, 0) is 57.9 Å². The molecule has 0 aromatic heterocycles. The second-order valence-corrected chi connectivity index (χ2v) is 11.0. The van der Waals surface area contributed by atoms with Gasteiger partial charge in [-0.15, -0.1) is 0 Å². The number of aliphatic hydroxyl groups excluding tert-OH is 3. The van der Waals surface area contributed by atoms with Crippen molar-refractivity contribution in [3.05, 3.63) is 0 Å². The first kappa shape index (κ1) is 23.9. The van der Waals surface area contributed by atoms with Gasteiger partial charge in [0.1, 0.15) is 0 Å². The Bertz CT molecular complexity index is 621. The Morgan fingerprint density at radius 3 is 2.53 bits per heavy atom. The van der Waals surface area contributed by atoms with E-state index in [-0.39, 0.29) is 29.0 Å². The number of hydrogen-bond acceptors (Lipinski definition) is 7. The predicted molar refractivity (Wildman–Crippen MR) is 111 cm³/mol. The summed E-state index contributed by atoms with van der Waals surface area (Å²) in [6.07, 6.45) is 2.57. The number of carbonyl (C=O) groups is 1. The van der Waals surface area contributed by atoms with Gasteiger partial charge in [-0.1, -0.05) is 20.3 Å². The smallest absolute Gasteiger partial charge is 0.237 e. The number of fused-ring (bicyclic) bond motifs is 1. The molecule has 3 rings (SSSR count). The lowest BCUT2D eigenvalue weighted by atomic mass is 9.75. The molecule has 0 spiro atoms. The molecule has 8 heteroatoms. The topological polar surface area (TPSA) is 131 Å². The largest absolute Gasteiger partial charge is 0.396 e. The van der Waals surface area contributed by atoms with Crippen LogP contribution >= 0.6 is 0 Å². The highest BCUT2D eigenvalue weighted by atomic mass is 16.7. The van der Waals surface area contributed by atoms with Gasteiger partial charge in [-0.3, -0.25) is 4.79 Å². The van der Waals surface area contributed by atoms with Gasteiger partial charge in [0.25, 0.3) is 0 Å². The Balaban J connectivity index is 1.46. The minimum Gasteiger partial charge on any atom is -0.396 e. The summed E-state index contributed by atoms with van der Waals surface area (Å²) in [4.78, 5) is 12.5. The molecule has 7 unspecified atom stereocenters. The second-order valence-electron chi connectivity index (χ2n) is 11.0. The van der Waals surface area contributed by atoms with E-state index in [0.717, 1.165) is 38.6 Å². The summed E-state index contributed by atoms with van der Waals surface area (Å²) in [5, 5.41) is 46.7. The van der Waals surface area contributed by atoms with E-state index in [0.29, 0.717) is 6.42 Å². The first-order valence-corrected chi connectivity index (χ1v) is 11.3. The zero-order valence-corrected chi connectivity index (χ0v) is 18.7. The minimum atomic E-state index is -1.63. The first-order chi connectivity index (χ1) is 13.9. The molecular formula is C22H40N2O6. The van der Waals surface area contributed by atoms with Gasteiger partial charge in [0, 0.05) is 5.54 Å². The van der Waals surface area contributed by atoms with Crippen LogP contribution in [0.2, 0.25) is 0 Å². The van der Waals surface area contributed by atoms with Crippen LogP contribution in [0.15, 0.2) is 0 Å². The van der Waals surface area contributed by atoms with Crippen molar-refractivity contribution in [3.63, 3.8) is 0 Å². The van der Waals surface area contributed by atoms with Crippen LogP contribution in [0.4, 0.5) is 0 Å². The Labute approximate surface area is 179 Å². The summed E-state index contributed by atoms with van der Waals surface area (Å²) in [5.74, 6) is -3.00. The van der Waals surface area contributed by atoms with Crippen LogP contribution in [-0.4, -0.2) is 75.2 Å². The molecule has 8 nitrogen and oxygen atoms in total. The molecule has 3 fully saturated rings. The summed E-state index contributed by atoms with van der Waals surface area (Å²) in [5.41, 5.74) is -0.334. The van der Waals surface area contributed by atoms with E-state index in [4.69, 9.17) is 4.74 Å². The minimum absolute atomic E-state index is 0.0125. The van der Waals surface area contributed by atoms with Gasteiger partial charge in [0.2, 0.25) is 5.91 Å². The monoisotopic (exact) mass is 428 g/mol. The summed E-state index contributed by atoms with van der Waals surface area (Å²) in [7, 11) is 0. The average Bonchev–Trinajstić information content (AvgIpc) is 3.18. The van der Waals surface area contributed by atoms with Crippen LogP contribution in [0.5, 0.6) is 0 Å². The molecule has 6 N–H and O–H groups in total. The number of nitrogens with one attached hydrogen (secondary N) is 2. The molecule has 2 heterocycles. The molecule has 30 heavy (non-hydrogen) atoms. The molecule has 0 aromatic carbocycles. The Hall–Kier alpha value is -0.770. The first-order valence-electron chi connectivity index (χ1n) is 11.3. The third kappa shape index (κ3) is 4.69. The number of ether oxygens (including phenoxy) is 1. The summed E-state index contributed by atoms with van der Waals surface area (Å²) < 4.78 is 5.63. The van der Waals surface area contributed by atoms with Crippen molar-refractivity contribution in [2.24, 2.45) is 17.3 Å². The molecule has 3 aliphatic rings. The Morgan fingerprint density at radius 1 is 1.23 bits per heavy atom. The van der Waals surface area contributed by atoms with E-state index in [2.05, 4.69) is 38.3 Å². The van der Waals surface area contributed by atoms with Crippen LogP contribution in [-0.2, 0) is 9.53 Å². The maximum atomic E-state index is 12.5. The molecular weight excluding hydrogens is 388 g/mol. The predicted octanol–water partition coefficient (Wildman–Crippen LogP) is 0.267. The number of hydrogen-bond donors (Lipinski definition) is 6. The number of aliphatic hydroxyl groups is 4. The van der Waals surface area contributed by atoms with E-state index in [1.807, 2.05) is 0 Å². The number of amides is 1. The highest BCUT2D eigenvalue weighted by molar-refractivity contribution is 5.82. The van der Waals surface area contributed by atoms with Gasteiger partial charge in [-0.25, -0.2) is 0 Å². The van der Waals surface area contributed by atoms with E-state index in [9.17, 15) is 25.2 Å². The third-order valence-corrected chi connectivity index (χ3v) is 7.18. The van der Waals surface area contributed by atoms with Crippen LogP contribution in [0.25, 0.3) is 0 Å². The Kier molecular flexibility index (Phi) is 6.88. The molecule has 1 aliphatic carbocycles. The molecule has 1 amide bonds. The summed E-state index contributed by atoms with van der Waals surface area (Å²) in [6, 6.07) is -0.0853. The quantitative estimate of drug-likeness (QED) is 0.311. The highest BCUT2D eigenvalue weighted by Gasteiger charge is 2.69. The molecule has 0 bridgehead atoms. The van der Waals surface area contributed by atoms with Gasteiger partial charge >= 0.3 is 0 Å². The standard InChI is InChI=1S/C22H40N2O6/c1-20(2,12-21(3,4)24-19(28)14-7-6-10-23-14)9-5-8-15-16-18(27)17(26)13(11-25)22(16,29)30-15/h13-18,23,25-27,29H,5-12H2,1-4H3,(H,24,28). The maximum Gasteiger partial charge on any atom is 0.237 e.